The molecule has 0 aliphatic rings. The topological polar surface area (TPSA) is 17.1 Å². The summed E-state index contributed by atoms with van der Waals surface area (Å²) in [5, 5.41) is 0. The van der Waals surface area contributed by atoms with Gasteiger partial charge in [0.25, 0.3) is 0 Å². The average Bonchev–Trinajstić information content (AvgIpc) is 2.45. The highest BCUT2D eigenvalue weighted by molar-refractivity contribution is 6.09. The van der Waals surface area contributed by atoms with Gasteiger partial charge in [0.05, 0.1) is 0 Å². The number of benzene rings is 2. The van der Waals surface area contributed by atoms with Crippen molar-refractivity contribution in [2.45, 2.75) is 46.5 Å². The lowest BCUT2D eigenvalue weighted by atomic mass is 9.82. The van der Waals surface area contributed by atoms with Crippen molar-refractivity contribution in [3.63, 3.8) is 0 Å². The van der Waals surface area contributed by atoms with Crippen LogP contribution < -0.4 is 0 Å². The van der Waals surface area contributed by atoms with E-state index in [0.29, 0.717) is 0 Å². The maximum absolute atomic E-state index is 12.6. The van der Waals surface area contributed by atoms with Crippen molar-refractivity contribution in [1.82, 2.24) is 0 Å². The van der Waals surface area contributed by atoms with Gasteiger partial charge in [0.2, 0.25) is 0 Å². The molecule has 2 rings (SSSR count). The molecule has 0 fully saturated rings. The van der Waals surface area contributed by atoms with E-state index in [1.807, 2.05) is 38.1 Å². The molecule has 2 aromatic carbocycles. The third kappa shape index (κ3) is 3.41. The number of rotatable bonds is 4. The third-order valence-corrected chi connectivity index (χ3v) is 4.30. The molecule has 110 valence electrons. The van der Waals surface area contributed by atoms with Gasteiger partial charge in [-0.1, -0.05) is 62.2 Å². The Bertz CT molecular complexity index is 628. The number of carbonyl (C=O) groups excluding carboxylic acids is 1. The highest BCUT2D eigenvalue weighted by Crippen LogP contribution is 2.27. The number of carbonyl (C=O) groups is 1. The van der Waals surface area contributed by atoms with E-state index in [9.17, 15) is 4.79 Å². The smallest absolute Gasteiger partial charge is 0.193 e. The highest BCUT2D eigenvalue weighted by Gasteiger charge is 2.18. The average molecular weight is 280 g/mol. The minimum atomic E-state index is 0.0997. The molecule has 0 aliphatic carbocycles. The largest absolute Gasteiger partial charge is 0.289 e. The molecule has 1 nitrogen and oxygen atoms in total. The normalized spacial score (nSPS) is 11.5. The summed E-state index contributed by atoms with van der Waals surface area (Å²) in [6, 6.07) is 14.1. The zero-order chi connectivity index (χ0) is 15.6. The lowest BCUT2D eigenvalue weighted by molar-refractivity contribution is 0.103. The van der Waals surface area contributed by atoms with Gasteiger partial charge in [-0.3, -0.25) is 4.79 Å². The van der Waals surface area contributed by atoms with Crippen molar-refractivity contribution in [2.24, 2.45) is 0 Å². The second-order valence-electron chi connectivity index (χ2n) is 6.52. The highest BCUT2D eigenvalue weighted by atomic mass is 16.1. The Morgan fingerprint density at radius 2 is 1.43 bits per heavy atom. The lowest BCUT2D eigenvalue weighted by Gasteiger charge is -2.23. The van der Waals surface area contributed by atoms with Crippen molar-refractivity contribution >= 4 is 5.78 Å². The Kier molecular flexibility index (Phi) is 4.32. The molecule has 0 N–H and O–H groups in total. The first-order chi connectivity index (χ1) is 9.83. The molecule has 21 heavy (non-hydrogen) atoms. The van der Waals surface area contributed by atoms with E-state index in [1.165, 1.54) is 5.56 Å². The van der Waals surface area contributed by atoms with Crippen molar-refractivity contribution in [1.29, 1.82) is 0 Å². The summed E-state index contributed by atoms with van der Waals surface area (Å²) < 4.78 is 0. The summed E-state index contributed by atoms with van der Waals surface area (Å²) in [7, 11) is 0. The summed E-state index contributed by atoms with van der Waals surface area (Å²) in [5.74, 6) is 0.0997. The van der Waals surface area contributed by atoms with Crippen molar-refractivity contribution in [3.05, 3.63) is 70.3 Å². The van der Waals surface area contributed by atoms with Gasteiger partial charge in [-0.25, -0.2) is 0 Å². The third-order valence-electron chi connectivity index (χ3n) is 4.30. The minimum Gasteiger partial charge on any atom is -0.289 e. The SMILES string of the molecule is CCC(C)(C)c1ccc(C(=O)c2cc(C)cc(C)c2)cc1. The fourth-order valence-corrected chi connectivity index (χ4v) is 2.55. The van der Waals surface area contributed by atoms with Crippen LogP contribution >= 0.6 is 0 Å². The Labute approximate surface area is 128 Å². The van der Waals surface area contributed by atoms with E-state index in [2.05, 4.69) is 39.0 Å². The van der Waals surface area contributed by atoms with Crippen molar-refractivity contribution < 1.29 is 4.79 Å². The molecular weight excluding hydrogens is 256 g/mol. The van der Waals surface area contributed by atoms with E-state index < -0.39 is 0 Å². The van der Waals surface area contributed by atoms with Gasteiger partial charge in [0.15, 0.2) is 5.78 Å². The number of hydrogen-bond acceptors (Lipinski definition) is 1. The standard InChI is InChI=1S/C20H24O/c1-6-20(4,5)18-9-7-16(8-10-18)19(21)17-12-14(2)11-15(3)13-17/h7-13H,6H2,1-5H3. The quantitative estimate of drug-likeness (QED) is 0.701. The Morgan fingerprint density at radius 1 is 0.905 bits per heavy atom. The fraction of sp³-hybridized carbons (Fsp3) is 0.350. The van der Waals surface area contributed by atoms with Gasteiger partial charge in [-0.05, 0) is 43.4 Å². The molecule has 0 amide bonds. The van der Waals surface area contributed by atoms with E-state index >= 15 is 0 Å². The Balaban J connectivity index is 2.32. The van der Waals surface area contributed by atoms with Crippen LogP contribution in [-0.4, -0.2) is 5.78 Å². The van der Waals surface area contributed by atoms with Crippen LogP contribution in [0.3, 0.4) is 0 Å². The molecule has 0 saturated carbocycles. The first kappa shape index (κ1) is 15.5. The van der Waals surface area contributed by atoms with Crippen LogP contribution in [-0.2, 0) is 5.41 Å². The molecule has 0 aromatic heterocycles. The molecule has 0 heterocycles. The summed E-state index contributed by atoms with van der Waals surface area (Å²) in [5.41, 5.74) is 5.22. The van der Waals surface area contributed by atoms with Crippen LogP contribution in [0.25, 0.3) is 0 Å². The Hall–Kier alpha value is -1.89. The van der Waals surface area contributed by atoms with Gasteiger partial charge < -0.3 is 0 Å². The molecule has 2 aromatic rings. The van der Waals surface area contributed by atoms with Crippen LogP contribution in [0.1, 0.15) is 59.8 Å². The van der Waals surface area contributed by atoms with Gasteiger partial charge in [-0.15, -0.1) is 0 Å². The maximum Gasteiger partial charge on any atom is 0.193 e. The van der Waals surface area contributed by atoms with Crippen LogP contribution in [0.2, 0.25) is 0 Å². The second-order valence-corrected chi connectivity index (χ2v) is 6.52. The second kappa shape index (κ2) is 5.85. The molecule has 0 aliphatic heterocycles. The zero-order valence-corrected chi connectivity index (χ0v) is 13.7. The first-order valence-electron chi connectivity index (χ1n) is 7.57. The maximum atomic E-state index is 12.6. The monoisotopic (exact) mass is 280 g/mol. The molecule has 0 saturated heterocycles. The molecule has 0 spiro atoms. The number of hydrogen-bond donors (Lipinski definition) is 0. The lowest BCUT2D eigenvalue weighted by Crippen LogP contribution is -2.15. The number of aryl methyl sites for hydroxylation is 2. The molecule has 0 unspecified atom stereocenters. The summed E-state index contributed by atoms with van der Waals surface area (Å²) in [4.78, 5) is 12.6. The predicted molar refractivity (Wildman–Crippen MR) is 89.1 cm³/mol. The van der Waals surface area contributed by atoms with Crippen LogP contribution in [0.5, 0.6) is 0 Å². The van der Waals surface area contributed by atoms with Crippen LogP contribution in [0, 0.1) is 13.8 Å². The van der Waals surface area contributed by atoms with Crippen molar-refractivity contribution in [3.8, 4) is 0 Å². The first-order valence-corrected chi connectivity index (χ1v) is 7.57. The van der Waals surface area contributed by atoms with Gasteiger partial charge in [-0.2, -0.15) is 0 Å². The molecule has 0 atom stereocenters. The fourth-order valence-electron chi connectivity index (χ4n) is 2.55. The summed E-state index contributed by atoms with van der Waals surface area (Å²) in [6.07, 6.45) is 1.08. The molecular formula is C20H24O. The van der Waals surface area contributed by atoms with Crippen molar-refractivity contribution in [2.75, 3.05) is 0 Å². The van der Waals surface area contributed by atoms with E-state index in [0.717, 1.165) is 28.7 Å². The molecule has 1 heteroatoms. The van der Waals surface area contributed by atoms with E-state index in [1.54, 1.807) is 0 Å². The van der Waals surface area contributed by atoms with Gasteiger partial charge in [0, 0.05) is 11.1 Å². The number of ketones is 1. The summed E-state index contributed by atoms with van der Waals surface area (Å²) >= 11 is 0. The van der Waals surface area contributed by atoms with Crippen LogP contribution in [0.15, 0.2) is 42.5 Å². The van der Waals surface area contributed by atoms with Crippen LogP contribution in [0.4, 0.5) is 0 Å². The summed E-state index contributed by atoms with van der Waals surface area (Å²) in [6.45, 7) is 10.7. The minimum absolute atomic E-state index is 0.0997. The molecule has 0 radical (unpaired) electrons. The molecule has 0 bridgehead atoms. The predicted octanol–water partition coefficient (Wildman–Crippen LogP) is 5.22. The van der Waals surface area contributed by atoms with Gasteiger partial charge >= 0.3 is 0 Å². The van der Waals surface area contributed by atoms with Gasteiger partial charge in [0.1, 0.15) is 0 Å². The Morgan fingerprint density at radius 3 is 1.90 bits per heavy atom. The van der Waals surface area contributed by atoms with E-state index in [-0.39, 0.29) is 11.2 Å². The van der Waals surface area contributed by atoms with E-state index in [4.69, 9.17) is 0 Å². The zero-order valence-electron chi connectivity index (χ0n) is 13.7.